The van der Waals surface area contributed by atoms with Crippen LogP contribution in [-0.2, 0) is 6.42 Å². The fourth-order valence-corrected chi connectivity index (χ4v) is 2.47. The van der Waals surface area contributed by atoms with Crippen molar-refractivity contribution in [1.29, 1.82) is 0 Å². The van der Waals surface area contributed by atoms with Crippen molar-refractivity contribution in [1.82, 2.24) is 4.98 Å². The van der Waals surface area contributed by atoms with Crippen molar-refractivity contribution in [2.24, 2.45) is 5.73 Å². The van der Waals surface area contributed by atoms with Gasteiger partial charge in [-0.2, -0.15) is 0 Å². The molecule has 0 amide bonds. The van der Waals surface area contributed by atoms with E-state index in [1.54, 1.807) is 18.4 Å². The number of thiazole rings is 1. The van der Waals surface area contributed by atoms with Gasteiger partial charge in [0.25, 0.3) is 0 Å². The Kier molecular flexibility index (Phi) is 3.76. The zero-order chi connectivity index (χ0) is 12.3. The molecule has 0 aliphatic carbocycles. The third-order valence-electron chi connectivity index (χ3n) is 2.73. The highest BCUT2D eigenvalue weighted by atomic mass is 32.1. The second kappa shape index (κ2) is 5.29. The molecule has 0 bridgehead atoms. The Balaban J connectivity index is 2.14. The van der Waals surface area contributed by atoms with E-state index in [4.69, 9.17) is 10.5 Å². The predicted molar refractivity (Wildman–Crippen MR) is 70.5 cm³/mol. The van der Waals surface area contributed by atoms with Gasteiger partial charge in [0, 0.05) is 24.0 Å². The average Bonchev–Trinajstić information content (AvgIpc) is 2.81. The molecule has 0 radical (unpaired) electrons. The van der Waals surface area contributed by atoms with Crippen LogP contribution in [0.3, 0.4) is 0 Å². The second-order valence-electron chi connectivity index (χ2n) is 3.97. The quantitative estimate of drug-likeness (QED) is 0.905. The highest BCUT2D eigenvalue weighted by Crippen LogP contribution is 2.23. The van der Waals surface area contributed by atoms with Crippen molar-refractivity contribution in [2.45, 2.75) is 19.4 Å². The minimum Gasteiger partial charge on any atom is -0.496 e. The van der Waals surface area contributed by atoms with Crippen molar-refractivity contribution >= 4 is 11.3 Å². The van der Waals surface area contributed by atoms with Gasteiger partial charge >= 0.3 is 0 Å². The van der Waals surface area contributed by atoms with Gasteiger partial charge in [-0.05, 0) is 24.1 Å². The molecule has 1 atom stereocenters. The van der Waals surface area contributed by atoms with Gasteiger partial charge in [0.2, 0.25) is 0 Å². The minimum atomic E-state index is -0.00856. The zero-order valence-electron chi connectivity index (χ0n) is 10.0. The molecule has 2 N–H and O–H groups in total. The lowest BCUT2D eigenvalue weighted by molar-refractivity contribution is 0.411. The van der Waals surface area contributed by atoms with Crippen LogP contribution in [-0.4, -0.2) is 12.1 Å². The fourth-order valence-electron chi connectivity index (χ4n) is 1.79. The van der Waals surface area contributed by atoms with E-state index in [1.807, 2.05) is 30.6 Å². The van der Waals surface area contributed by atoms with E-state index in [0.29, 0.717) is 0 Å². The number of rotatable bonds is 4. The Morgan fingerprint density at radius 3 is 2.88 bits per heavy atom. The van der Waals surface area contributed by atoms with E-state index in [0.717, 1.165) is 28.3 Å². The maximum absolute atomic E-state index is 6.17. The molecule has 1 unspecified atom stereocenters. The number of aromatic nitrogens is 1. The average molecular weight is 248 g/mol. The minimum absolute atomic E-state index is 0.00856. The smallest absolute Gasteiger partial charge is 0.121 e. The molecule has 17 heavy (non-hydrogen) atoms. The van der Waals surface area contributed by atoms with Crippen LogP contribution in [0.1, 0.15) is 22.2 Å². The highest BCUT2D eigenvalue weighted by Gasteiger charge is 2.10. The first-order valence-corrected chi connectivity index (χ1v) is 6.37. The number of aryl methyl sites for hydroxylation is 1. The van der Waals surface area contributed by atoms with Gasteiger partial charge in [0.1, 0.15) is 5.75 Å². The van der Waals surface area contributed by atoms with Crippen molar-refractivity contribution in [3.05, 3.63) is 45.9 Å². The molecular formula is C13H16N2OS. The fraction of sp³-hybridized carbons (Fsp3) is 0.308. The number of hydrogen-bond donors (Lipinski definition) is 1. The first-order chi connectivity index (χ1) is 8.20. The Hall–Kier alpha value is -1.39. The summed E-state index contributed by atoms with van der Waals surface area (Å²) in [6.07, 6.45) is 2.59. The van der Waals surface area contributed by atoms with Crippen molar-refractivity contribution in [3.8, 4) is 5.75 Å². The van der Waals surface area contributed by atoms with Gasteiger partial charge in [-0.15, -0.1) is 11.3 Å². The lowest BCUT2D eigenvalue weighted by Crippen LogP contribution is -2.13. The van der Waals surface area contributed by atoms with Gasteiger partial charge in [0.15, 0.2) is 0 Å². The molecule has 0 saturated carbocycles. The standard InChI is InChI=1S/C13H16N2OS/c1-9-7-10(3-4-12(9)16-2)11(14)8-13-15-5-6-17-13/h3-7,11H,8,14H2,1-2H3. The van der Waals surface area contributed by atoms with Gasteiger partial charge in [-0.3, -0.25) is 0 Å². The van der Waals surface area contributed by atoms with E-state index < -0.39 is 0 Å². The summed E-state index contributed by atoms with van der Waals surface area (Å²) in [5, 5.41) is 3.05. The molecule has 3 nitrogen and oxygen atoms in total. The van der Waals surface area contributed by atoms with Crippen molar-refractivity contribution in [2.75, 3.05) is 7.11 Å². The summed E-state index contributed by atoms with van der Waals surface area (Å²) in [5.74, 6) is 0.898. The first-order valence-electron chi connectivity index (χ1n) is 5.49. The van der Waals surface area contributed by atoms with Gasteiger partial charge in [-0.1, -0.05) is 12.1 Å². The topological polar surface area (TPSA) is 48.1 Å². The number of nitrogens with zero attached hydrogens (tertiary/aromatic N) is 1. The van der Waals surface area contributed by atoms with Crippen molar-refractivity contribution in [3.63, 3.8) is 0 Å². The molecule has 90 valence electrons. The molecule has 2 aromatic rings. The SMILES string of the molecule is COc1ccc(C(N)Cc2nccs2)cc1C. The van der Waals surface area contributed by atoms with E-state index in [-0.39, 0.29) is 6.04 Å². The van der Waals surface area contributed by atoms with Crippen LogP contribution in [0.4, 0.5) is 0 Å². The number of benzene rings is 1. The van der Waals surface area contributed by atoms with Gasteiger partial charge < -0.3 is 10.5 Å². The third-order valence-corrected chi connectivity index (χ3v) is 3.53. The lowest BCUT2D eigenvalue weighted by Gasteiger charge is -2.13. The van der Waals surface area contributed by atoms with E-state index in [1.165, 1.54) is 0 Å². The van der Waals surface area contributed by atoms with Gasteiger partial charge in [-0.25, -0.2) is 4.98 Å². The molecule has 4 heteroatoms. The Labute approximate surface area is 105 Å². The zero-order valence-corrected chi connectivity index (χ0v) is 10.8. The molecule has 1 aromatic carbocycles. The summed E-state index contributed by atoms with van der Waals surface area (Å²) >= 11 is 1.64. The van der Waals surface area contributed by atoms with Crippen LogP contribution in [0.15, 0.2) is 29.8 Å². The van der Waals surface area contributed by atoms with Crippen LogP contribution in [0.25, 0.3) is 0 Å². The Morgan fingerprint density at radius 1 is 1.47 bits per heavy atom. The maximum atomic E-state index is 6.17. The normalized spacial score (nSPS) is 12.4. The monoisotopic (exact) mass is 248 g/mol. The summed E-state index contributed by atoms with van der Waals surface area (Å²) < 4.78 is 5.23. The van der Waals surface area contributed by atoms with Crippen LogP contribution in [0, 0.1) is 6.92 Å². The molecule has 0 aliphatic rings. The maximum Gasteiger partial charge on any atom is 0.121 e. The van der Waals surface area contributed by atoms with Crippen LogP contribution < -0.4 is 10.5 Å². The van der Waals surface area contributed by atoms with E-state index in [9.17, 15) is 0 Å². The molecule has 0 spiro atoms. The summed E-state index contributed by atoms with van der Waals surface area (Å²) in [4.78, 5) is 4.25. The van der Waals surface area contributed by atoms with Crippen LogP contribution in [0.5, 0.6) is 5.75 Å². The Bertz CT molecular complexity index is 482. The van der Waals surface area contributed by atoms with E-state index >= 15 is 0 Å². The molecular weight excluding hydrogens is 232 g/mol. The highest BCUT2D eigenvalue weighted by molar-refractivity contribution is 7.09. The molecule has 0 aliphatic heterocycles. The molecule has 0 saturated heterocycles. The second-order valence-corrected chi connectivity index (χ2v) is 4.94. The lowest BCUT2D eigenvalue weighted by atomic mass is 10.0. The van der Waals surface area contributed by atoms with Crippen LogP contribution in [0.2, 0.25) is 0 Å². The van der Waals surface area contributed by atoms with E-state index in [2.05, 4.69) is 11.1 Å². The third kappa shape index (κ3) is 2.84. The molecule has 1 aromatic heterocycles. The number of nitrogens with two attached hydrogens (primary N) is 1. The van der Waals surface area contributed by atoms with Crippen molar-refractivity contribution < 1.29 is 4.74 Å². The summed E-state index contributed by atoms with van der Waals surface area (Å²) in [6.45, 7) is 2.03. The number of ether oxygens (including phenoxy) is 1. The number of methoxy groups -OCH3 is 1. The van der Waals surface area contributed by atoms with Gasteiger partial charge in [0.05, 0.1) is 12.1 Å². The summed E-state index contributed by atoms with van der Waals surface area (Å²) in [6, 6.07) is 6.05. The molecule has 0 fully saturated rings. The van der Waals surface area contributed by atoms with Crippen LogP contribution >= 0.6 is 11.3 Å². The molecule has 2 rings (SSSR count). The number of hydrogen-bond acceptors (Lipinski definition) is 4. The first kappa shape index (κ1) is 12.1. The molecule has 1 heterocycles. The predicted octanol–water partition coefficient (Wildman–Crippen LogP) is 2.70. The summed E-state index contributed by atoms with van der Waals surface area (Å²) in [7, 11) is 1.68. The Morgan fingerprint density at radius 2 is 2.29 bits per heavy atom. The summed E-state index contributed by atoms with van der Waals surface area (Å²) in [5.41, 5.74) is 8.41. The largest absolute Gasteiger partial charge is 0.496 e.